The van der Waals surface area contributed by atoms with Crippen LogP contribution in [0, 0.1) is 0 Å². The van der Waals surface area contributed by atoms with E-state index in [0.29, 0.717) is 11.2 Å². The van der Waals surface area contributed by atoms with Gasteiger partial charge >= 0.3 is 15.6 Å². The Morgan fingerprint density at radius 3 is 1.97 bits per heavy atom. The van der Waals surface area contributed by atoms with Gasteiger partial charge in [0.05, 0.1) is 6.33 Å². The third kappa shape index (κ3) is 10.7. The van der Waals surface area contributed by atoms with Gasteiger partial charge in [-0.25, -0.2) is 24.1 Å². The van der Waals surface area contributed by atoms with Crippen LogP contribution in [0.4, 0.5) is 5.82 Å². The summed E-state index contributed by atoms with van der Waals surface area (Å²) in [5, 5.41) is 19.6. The van der Waals surface area contributed by atoms with Crippen molar-refractivity contribution >= 4 is 32.6 Å². The Labute approximate surface area is 179 Å². The molecule has 188 valence electrons. The first-order chi connectivity index (χ1) is 13.4. The van der Waals surface area contributed by atoms with Crippen LogP contribution in [0.15, 0.2) is 12.7 Å². The number of hydrogen-bond donors (Lipinski definition) is 13. The van der Waals surface area contributed by atoms with Gasteiger partial charge < -0.3 is 68.1 Å². The Kier molecular flexibility index (Phi) is 12.1. The lowest BCUT2D eigenvalue weighted by Gasteiger charge is -2.24. The number of fused-ring (bicyclic) bond motifs is 1. The summed E-state index contributed by atoms with van der Waals surface area (Å²) in [6.45, 7) is 0. The first-order valence-electron chi connectivity index (χ1n) is 7.50. The Morgan fingerprint density at radius 1 is 1.09 bits per heavy atom. The van der Waals surface area contributed by atoms with Crippen molar-refractivity contribution in [2.24, 2.45) is 11.5 Å². The Bertz CT molecular complexity index is 909. The quantitative estimate of drug-likeness (QED) is 0.135. The third-order valence-electron chi connectivity index (χ3n) is 3.28. The molecule has 2 aromatic heterocycles. The van der Waals surface area contributed by atoms with E-state index in [4.69, 9.17) is 60.4 Å². The molecular formula is C10H27N9O11P2. The van der Waals surface area contributed by atoms with E-state index in [1.165, 1.54) is 17.2 Å². The number of phosphoric acid groups is 2. The summed E-state index contributed by atoms with van der Waals surface area (Å²) in [6, 6.07) is 0. The minimum absolute atomic E-state index is 0. The van der Waals surface area contributed by atoms with E-state index < -0.39 is 39.9 Å². The number of nitrogen functional groups attached to an aromatic ring is 1. The van der Waals surface area contributed by atoms with Gasteiger partial charge in [0, 0.05) is 6.42 Å². The van der Waals surface area contributed by atoms with Gasteiger partial charge in [-0.2, -0.15) is 0 Å². The van der Waals surface area contributed by atoms with Crippen molar-refractivity contribution in [3.05, 3.63) is 12.7 Å². The molecule has 0 aliphatic carbocycles. The second-order valence-corrected chi connectivity index (χ2v) is 7.88. The highest BCUT2D eigenvalue weighted by Gasteiger charge is 2.48. The van der Waals surface area contributed by atoms with Crippen molar-refractivity contribution in [2.45, 2.75) is 30.7 Å². The number of imidazole rings is 1. The van der Waals surface area contributed by atoms with Gasteiger partial charge in [0.25, 0.3) is 0 Å². The third-order valence-corrected chi connectivity index (χ3v) is 3.28. The van der Waals surface area contributed by atoms with Gasteiger partial charge in [-0.1, -0.05) is 0 Å². The maximum absolute atomic E-state index is 10.2. The highest BCUT2D eigenvalue weighted by atomic mass is 31.2. The maximum Gasteiger partial charge on any atom is 0.466 e. The fourth-order valence-corrected chi connectivity index (χ4v) is 2.30. The second kappa shape index (κ2) is 12.0. The molecule has 0 amide bonds. The molecule has 20 N–H and O–H groups in total. The zero-order valence-corrected chi connectivity index (χ0v) is 18.0. The van der Waals surface area contributed by atoms with E-state index in [9.17, 15) is 10.2 Å². The van der Waals surface area contributed by atoms with Crippen molar-refractivity contribution in [3.63, 3.8) is 0 Å². The van der Waals surface area contributed by atoms with E-state index in [1.807, 2.05) is 0 Å². The smallest absolute Gasteiger partial charge is 0.382 e. The Balaban J connectivity index is 0. The molecule has 0 saturated carbocycles. The summed E-state index contributed by atoms with van der Waals surface area (Å²) < 4.78 is 24.7. The lowest BCUT2D eigenvalue weighted by Crippen LogP contribution is -2.45. The largest absolute Gasteiger partial charge is 0.466 e. The summed E-state index contributed by atoms with van der Waals surface area (Å²) in [6.07, 6.45) is -0.365. The molecule has 1 aliphatic heterocycles. The molecule has 20 nitrogen and oxygen atoms in total. The van der Waals surface area contributed by atoms with Crippen molar-refractivity contribution in [1.82, 2.24) is 31.8 Å². The number of ether oxygens (including phenoxy) is 1. The van der Waals surface area contributed by atoms with E-state index in [-0.39, 0.29) is 24.5 Å². The van der Waals surface area contributed by atoms with Crippen LogP contribution in [-0.4, -0.2) is 77.1 Å². The molecule has 1 fully saturated rings. The van der Waals surface area contributed by atoms with Gasteiger partial charge in [0.1, 0.15) is 24.2 Å². The standard InChI is InChI=1S/C10H15N7O3.2H3N.2H3O4P/c11-6-5-8(15-2-14-6)17(3-16-5)9-10(13,19)1-4(20-9)7(12)18;;;2*1-5(2,3)4/h2-4,7,9,18-19H,1,12-13H2,(H2,11,14,15);2*1H3;2*(H3,1,2,3,4)/t4-,7?,9+,10+;;;;/m0..../s1. The number of anilines is 1. The number of aromatic nitrogens is 4. The van der Waals surface area contributed by atoms with Crippen LogP contribution in [0.25, 0.3) is 11.2 Å². The first-order valence-corrected chi connectivity index (χ1v) is 10.6. The minimum atomic E-state index is -4.64. The van der Waals surface area contributed by atoms with Crippen LogP contribution in [-0.2, 0) is 13.9 Å². The minimum Gasteiger partial charge on any atom is -0.382 e. The average Bonchev–Trinajstić information content (AvgIpc) is 3.05. The average molecular weight is 511 g/mol. The summed E-state index contributed by atoms with van der Waals surface area (Å²) in [5.74, 6) is 0.211. The van der Waals surface area contributed by atoms with Gasteiger partial charge in [0.2, 0.25) is 0 Å². The van der Waals surface area contributed by atoms with Gasteiger partial charge in [-0.15, -0.1) is 0 Å². The van der Waals surface area contributed by atoms with E-state index in [2.05, 4.69) is 15.0 Å². The predicted octanol–water partition coefficient (Wildman–Crippen LogP) is -3.91. The molecule has 3 rings (SSSR count). The Morgan fingerprint density at radius 2 is 1.56 bits per heavy atom. The molecule has 0 aromatic carbocycles. The fourth-order valence-electron chi connectivity index (χ4n) is 2.30. The maximum atomic E-state index is 10.2. The number of rotatable bonds is 2. The van der Waals surface area contributed by atoms with Crippen LogP contribution in [0.5, 0.6) is 0 Å². The number of nitrogens with two attached hydrogens (primary N) is 3. The fraction of sp³-hybridized carbons (Fsp3) is 0.500. The monoisotopic (exact) mass is 511 g/mol. The summed E-state index contributed by atoms with van der Waals surface area (Å²) in [7, 11) is -9.28. The summed E-state index contributed by atoms with van der Waals surface area (Å²) >= 11 is 0. The lowest BCUT2D eigenvalue weighted by molar-refractivity contribution is -0.102. The highest BCUT2D eigenvalue weighted by molar-refractivity contribution is 7.45. The number of hydrogen-bond acceptors (Lipinski definition) is 13. The molecule has 0 bridgehead atoms. The van der Waals surface area contributed by atoms with Gasteiger partial charge in [-0.05, 0) is 0 Å². The molecule has 1 unspecified atom stereocenters. The van der Waals surface area contributed by atoms with Crippen molar-refractivity contribution in [2.75, 3.05) is 5.73 Å². The molecule has 0 radical (unpaired) electrons. The van der Waals surface area contributed by atoms with Crippen molar-refractivity contribution < 1.29 is 53.4 Å². The molecular weight excluding hydrogens is 484 g/mol. The molecule has 1 saturated heterocycles. The second-order valence-electron chi connectivity index (χ2n) is 5.82. The van der Waals surface area contributed by atoms with Crippen LogP contribution in [0.3, 0.4) is 0 Å². The highest BCUT2D eigenvalue weighted by Crippen LogP contribution is 2.36. The Hall–Kier alpha value is -1.71. The first kappa shape index (κ1) is 32.5. The van der Waals surface area contributed by atoms with E-state index in [1.54, 1.807) is 0 Å². The van der Waals surface area contributed by atoms with Crippen molar-refractivity contribution in [1.29, 1.82) is 0 Å². The zero-order valence-electron chi connectivity index (χ0n) is 16.2. The zero-order chi connectivity index (χ0) is 23.5. The molecule has 2 aromatic rings. The lowest BCUT2D eigenvalue weighted by atomic mass is 10.1. The molecule has 1 aliphatic rings. The number of aliphatic hydroxyl groups is 2. The summed E-state index contributed by atoms with van der Waals surface area (Å²) in [4.78, 5) is 55.1. The van der Waals surface area contributed by atoms with Crippen molar-refractivity contribution in [3.8, 4) is 0 Å². The van der Waals surface area contributed by atoms with Crippen LogP contribution in [0.2, 0.25) is 0 Å². The number of nitrogens with zero attached hydrogens (tertiary/aromatic N) is 4. The van der Waals surface area contributed by atoms with E-state index in [0.717, 1.165) is 0 Å². The number of aliphatic hydroxyl groups excluding tert-OH is 1. The summed E-state index contributed by atoms with van der Waals surface area (Å²) in [5.41, 5.74) is 15.9. The molecule has 0 spiro atoms. The molecule has 4 atom stereocenters. The van der Waals surface area contributed by atoms with E-state index >= 15 is 0 Å². The normalized spacial score (nSPS) is 23.6. The van der Waals surface area contributed by atoms with Crippen LogP contribution < -0.4 is 29.5 Å². The SMILES string of the molecule is N.N.Nc1ncnc2c1ncn2[C@@H]1O[C@H](C(N)O)C[C@@]1(N)O.O=P(O)(O)O.O=P(O)(O)O. The predicted molar refractivity (Wildman–Crippen MR) is 106 cm³/mol. The van der Waals surface area contributed by atoms with Crippen LogP contribution in [0.1, 0.15) is 12.6 Å². The topological polar surface area (TPSA) is 397 Å². The van der Waals surface area contributed by atoms with Crippen LogP contribution >= 0.6 is 15.6 Å². The van der Waals surface area contributed by atoms with Gasteiger partial charge in [-0.3, -0.25) is 10.3 Å². The molecule has 3 heterocycles. The molecule has 22 heteroatoms. The molecule has 32 heavy (non-hydrogen) atoms. The van der Waals surface area contributed by atoms with Gasteiger partial charge in [0.15, 0.2) is 23.4 Å².